The average molecular weight is 425 g/mol. The maximum absolute atomic E-state index is 13.2. The zero-order valence-electron chi connectivity index (χ0n) is 19.8. The van der Waals surface area contributed by atoms with E-state index in [1.165, 1.54) is 0 Å². The van der Waals surface area contributed by atoms with Crippen LogP contribution in [0.3, 0.4) is 0 Å². The van der Waals surface area contributed by atoms with Crippen molar-refractivity contribution in [1.82, 2.24) is 19.7 Å². The van der Waals surface area contributed by atoms with E-state index in [2.05, 4.69) is 57.4 Å². The van der Waals surface area contributed by atoms with Crippen LogP contribution < -0.4 is 0 Å². The molecule has 0 N–H and O–H groups in total. The fourth-order valence-corrected chi connectivity index (χ4v) is 3.99. The largest absolute Gasteiger partial charge is 0.455 e. The first kappa shape index (κ1) is 23.0. The molecule has 2 unspecified atom stereocenters. The van der Waals surface area contributed by atoms with Gasteiger partial charge in [0.1, 0.15) is 17.9 Å². The molecule has 2 aromatic heterocycles. The molecule has 6 nitrogen and oxygen atoms in total. The summed E-state index contributed by atoms with van der Waals surface area (Å²) >= 11 is 0. The molecule has 3 rings (SSSR count). The molecule has 0 radical (unpaired) electrons. The lowest BCUT2D eigenvalue weighted by molar-refractivity contribution is 0.0661. The summed E-state index contributed by atoms with van der Waals surface area (Å²) in [5.41, 5.74) is 1.90. The second-order valence-electron chi connectivity index (χ2n) is 9.76. The van der Waals surface area contributed by atoms with Crippen molar-refractivity contribution in [2.45, 2.75) is 72.1 Å². The first-order chi connectivity index (χ1) is 14.6. The molecule has 1 amide bonds. The Hall–Kier alpha value is -2.63. The van der Waals surface area contributed by atoms with E-state index < -0.39 is 0 Å². The quantitative estimate of drug-likeness (QED) is 0.562. The van der Waals surface area contributed by atoms with Crippen LogP contribution in [0.2, 0.25) is 0 Å². The third-order valence-electron chi connectivity index (χ3n) is 5.95. The molecule has 3 heterocycles. The van der Waals surface area contributed by atoms with Gasteiger partial charge in [-0.3, -0.25) is 4.79 Å². The van der Waals surface area contributed by atoms with Crippen molar-refractivity contribution in [2.75, 3.05) is 13.1 Å². The van der Waals surface area contributed by atoms with Gasteiger partial charge in [0.05, 0.1) is 0 Å². The summed E-state index contributed by atoms with van der Waals surface area (Å²) < 4.78 is 7.88. The number of carbonyl (C=O) groups excluding carboxylic acids is 1. The molecule has 0 aromatic carbocycles. The molecule has 6 heteroatoms. The second-order valence-corrected chi connectivity index (χ2v) is 9.76. The summed E-state index contributed by atoms with van der Waals surface area (Å²) in [5.74, 6) is 2.62. The van der Waals surface area contributed by atoms with Gasteiger partial charge in [0, 0.05) is 36.0 Å². The molecule has 168 valence electrons. The highest BCUT2D eigenvalue weighted by Gasteiger charge is 2.31. The predicted octanol–water partition coefficient (Wildman–Crippen LogP) is 5.65. The van der Waals surface area contributed by atoms with Crippen molar-refractivity contribution in [3.63, 3.8) is 0 Å². The first-order valence-electron chi connectivity index (χ1n) is 11.3. The number of piperidine rings is 1. The van der Waals surface area contributed by atoms with Crippen LogP contribution in [0.15, 0.2) is 41.1 Å². The van der Waals surface area contributed by atoms with Gasteiger partial charge in [-0.2, -0.15) is 5.10 Å². The Balaban J connectivity index is 1.86. The van der Waals surface area contributed by atoms with Gasteiger partial charge in [-0.05, 0) is 44.4 Å². The van der Waals surface area contributed by atoms with Crippen molar-refractivity contribution < 1.29 is 9.21 Å². The Morgan fingerprint density at radius 3 is 2.74 bits per heavy atom. The number of hydrogen-bond acceptors (Lipinski definition) is 4. The van der Waals surface area contributed by atoms with Crippen LogP contribution in [0.1, 0.15) is 88.9 Å². The second kappa shape index (κ2) is 9.25. The SMILES string of the molecule is C=C(C)/C=C(/C1CCCN(C(=O)c2ccc(C(C)(C)C)o2)C1)n1ncnc1C(C)CC. The maximum atomic E-state index is 13.2. The molecular formula is C25H36N4O2. The van der Waals surface area contributed by atoms with Crippen molar-refractivity contribution in [2.24, 2.45) is 5.92 Å². The Labute approximate surface area is 186 Å². The van der Waals surface area contributed by atoms with Gasteiger partial charge in [-0.25, -0.2) is 9.67 Å². The van der Waals surface area contributed by atoms with Crippen LogP contribution in [0, 0.1) is 5.92 Å². The van der Waals surface area contributed by atoms with Crippen LogP contribution in [0.4, 0.5) is 0 Å². The standard InChI is InChI=1S/C25H36N4O2/c1-8-18(4)23-26-16-27-29(23)20(14-17(2)3)19-10-9-13-28(15-19)24(30)21-11-12-22(31-21)25(5,6)7/h11-12,14,16,18-19H,2,8-10,13,15H2,1,3-7H3/b20-14-. The highest BCUT2D eigenvalue weighted by molar-refractivity contribution is 5.91. The van der Waals surface area contributed by atoms with Crippen LogP contribution in [0.25, 0.3) is 5.70 Å². The van der Waals surface area contributed by atoms with E-state index in [4.69, 9.17) is 4.42 Å². The number of rotatable bonds is 6. The highest BCUT2D eigenvalue weighted by atomic mass is 16.4. The van der Waals surface area contributed by atoms with E-state index in [1.54, 1.807) is 12.4 Å². The average Bonchev–Trinajstić information content (AvgIpc) is 3.40. The van der Waals surface area contributed by atoms with Gasteiger partial charge >= 0.3 is 0 Å². The number of nitrogens with zero attached hydrogens (tertiary/aromatic N) is 4. The van der Waals surface area contributed by atoms with Gasteiger partial charge in [0.25, 0.3) is 5.91 Å². The minimum absolute atomic E-state index is 0.0457. The number of amides is 1. The number of carbonyl (C=O) groups is 1. The van der Waals surface area contributed by atoms with E-state index in [0.29, 0.717) is 18.2 Å². The lowest BCUT2D eigenvalue weighted by Crippen LogP contribution is -2.41. The fourth-order valence-electron chi connectivity index (χ4n) is 3.99. The molecular weight excluding hydrogens is 388 g/mol. The third-order valence-corrected chi connectivity index (χ3v) is 5.95. The van der Waals surface area contributed by atoms with E-state index in [1.807, 2.05) is 22.6 Å². The summed E-state index contributed by atoms with van der Waals surface area (Å²) in [6.45, 7) is 18.0. The van der Waals surface area contributed by atoms with E-state index in [-0.39, 0.29) is 17.2 Å². The van der Waals surface area contributed by atoms with Gasteiger partial charge < -0.3 is 9.32 Å². The van der Waals surface area contributed by atoms with Crippen LogP contribution in [-0.4, -0.2) is 38.7 Å². The summed E-state index contributed by atoms with van der Waals surface area (Å²) in [4.78, 5) is 19.6. The minimum atomic E-state index is -0.125. The predicted molar refractivity (Wildman–Crippen MR) is 124 cm³/mol. The molecule has 31 heavy (non-hydrogen) atoms. The summed E-state index contributed by atoms with van der Waals surface area (Å²) in [5, 5.41) is 4.55. The highest BCUT2D eigenvalue weighted by Crippen LogP contribution is 2.31. The molecule has 1 fully saturated rings. The zero-order chi connectivity index (χ0) is 22.8. The Morgan fingerprint density at radius 1 is 1.39 bits per heavy atom. The Kier molecular flexibility index (Phi) is 6.87. The summed E-state index contributed by atoms with van der Waals surface area (Å²) in [6.07, 6.45) is 6.63. The number of hydrogen-bond donors (Lipinski definition) is 0. The molecule has 1 aliphatic rings. The first-order valence-corrected chi connectivity index (χ1v) is 11.3. The fraction of sp³-hybridized carbons (Fsp3) is 0.560. The smallest absolute Gasteiger partial charge is 0.289 e. The third kappa shape index (κ3) is 5.17. The number of aromatic nitrogens is 3. The topological polar surface area (TPSA) is 64.2 Å². The molecule has 0 bridgehead atoms. The Morgan fingerprint density at radius 2 is 2.13 bits per heavy atom. The number of allylic oxidation sites excluding steroid dienone is 2. The van der Waals surface area contributed by atoms with E-state index in [9.17, 15) is 4.79 Å². The van der Waals surface area contributed by atoms with Crippen molar-refractivity contribution in [1.29, 1.82) is 0 Å². The van der Waals surface area contributed by atoms with Crippen molar-refractivity contribution in [3.8, 4) is 0 Å². The lowest BCUT2D eigenvalue weighted by atomic mass is 9.93. The van der Waals surface area contributed by atoms with Crippen LogP contribution >= 0.6 is 0 Å². The van der Waals surface area contributed by atoms with Crippen LogP contribution in [0.5, 0.6) is 0 Å². The lowest BCUT2D eigenvalue weighted by Gasteiger charge is -2.34. The van der Waals surface area contributed by atoms with Gasteiger partial charge in [-0.15, -0.1) is 0 Å². The van der Waals surface area contributed by atoms with Gasteiger partial charge in [0.15, 0.2) is 5.76 Å². The molecule has 1 aliphatic heterocycles. The maximum Gasteiger partial charge on any atom is 0.289 e. The van der Waals surface area contributed by atoms with Crippen molar-refractivity contribution >= 4 is 11.6 Å². The molecule has 0 spiro atoms. The van der Waals surface area contributed by atoms with E-state index in [0.717, 1.165) is 48.7 Å². The summed E-state index contributed by atoms with van der Waals surface area (Å²) in [6, 6.07) is 3.71. The minimum Gasteiger partial charge on any atom is -0.455 e. The van der Waals surface area contributed by atoms with Crippen molar-refractivity contribution in [3.05, 3.63) is 54.0 Å². The molecule has 0 aliphatic carbocycles. The van der Waals surface area contributed by atoms with Gasteiger partial charge in [0.2, 0.25) is 0 Å². The monoisotopic (exact) mass is 424 g/mol. The normalized spacial score (nSPS) is 18.8. The molecule has 2 atom stereocenters. The molecule has 2 aromatic rings. The zero-order valence-corrected chi connectivity index (χ0v) is 19.8. The number of furan rings is 1. The summed E-state index contributed by atoms with van der Waals surface area (Å²) in [7, 11) is 0. The van der Waals surface area contributed by atoms with Crippen LogP contribution in [-0.2, 0) is 5.41 Å². The molecule has 1 saturated heterocycles. The van der Waals surface area contributed by atoms with E-state index >= 15 is 0 Å². The van der Waals surface area contributed by atoms with Gasteiger partial charge in [-0.1, -0.05) is 46.8 Å². The molecule has 0 saturated carbocycles. The Bertz CT molecular complexity index is 960. The number of likely N-dealkylation sites (tertiary alicyclic amines) is 1.